The van der Waals surface area contributed by atoms with Gasteiger partial charge in [0.05, 0.1) is 0 Å². The summed E-state index contributed by atoms with van der Waals surface area (Å²) in [5.74, 6) is 2.38. The maximum absolute atomic E-state index is 6.06. The molecule has 2 aromatic carbocycles. The maximum atomic E-state index is 6.06. The van der Waals surface area contributed by atoms with Gasteiger partial charge in [0.15, 0.2) is 11.0 Å². The van der Waals surface area contributed by atoms with E-state index in [2.05, 4.69) is 41.9 Å². The van der Waals surface area contributed by atoms with Gasteiger partial charge in [-0.05, 0) is 41.8 Å². The molecule has 140 valence electrons. The van der Waals surface area contributed by atoms with Crippen molar-refractivity contribution in [3.8, 4) is 5.75 Å². The zero-order chi connectivity index (χ0) is 19.1. The number of aryl methyl sites for hydroxylation is 1. The van der Waals surface area contributed by atoms with E-state index in [0.717, 1.165) is 39.5 Å². The minimum atomic E-state index is 0.365. The summed E-state index contributed by atoms with van der Waals surface area (Å²) in [5, 5.41) is 10.2. The number of halogens is 1. The Balaban J connectivity index is 1.67. The number of rotatable bonds is 9. The second-order valence-corrected chi connectivity index (χ2v) is 7.38. The Hall–Kier alpha value is -2.24. The van der Waals surface area contributed by atoms with Crippen LogP contribution in [0.1, 0.15) is 23.9 Å². The molecule has 1 heterocycles. The molecule has 3 aromatic rings. The number of hydrogen-bond donors (Lipinski definition) is 0. The molecule has 0 radical (unpaired) electrons. The summed E-state index contributed by atoms with van der Waals surface area (Å²) >= 11 is 7.68. The molecule has 0 atom stereocenters. The molecule has 0 spiro atoms. The summed E-state index contributed by atoms with van der Waals surface area (Å²) < 4.78 is 7.92. The lowest BCUT2D eigenvalue weighted by Gasteiger charge is -2.09. The van der Waals surface area contributed by atoms with Crippen molar-refractivity contribution < 1.29 is 4.74 Å². The molecular formula is C21H22ClN3OS. The van der Waals surface area contributed by atoms with Gasteiger partial charge in [-0.1, -0.05) is 60.6 Å². The van der Waals surface area contributed by atoms with Gasteiger partial charge in [0.25, 0.3) is 0 Å². The molecule has 3 rings (SSSR count). The Bertz CT molecular complexity index is 893. The van der Waals surface area contributed by atoms with Crippen LogP contribution in [0.25, 0.3) is 0 Å². The summed E-state index contributed by atoms with van der Waals surface area (Å²) in [6.07, 6.45) is 2.85. The third-order valence-electron chi connectivity index (χ3n) is 4.06. The Labute approximate surface area is 169 Å². The van der Waals surface area contributed by atoms with Gasteiger partial charge in [0, 0.05) is 17.3 Å². The summed E-state index contributed by atoms with van der Waals surface area (Å²) in [6, 6.07) is 16.0. The van der Waals surface area contributed by atoms with E-state index in [1.54, 1.807) is 11.8 Å². The van der Waals surface area contributed by atoms with E-state index >= 15 is 0 Å². The number of aromatic nitrogens is 3. The average Bonchev–Trinajstić information content (AvgIpc) is 3.07. The van der Waals surface area contributed by atoms with Crippen molar-refractivity contribution in [3.05, 3.63) is 83.2 Å². The first-order valence-electron chi connectivity index (χ1n) is 8.81. The van der Waals surface area contributed by atoms with Crippen LogP contribution in [0.15, 0.2) is 66.3 Å². The van der Waals surface area contributed by atoms with Gasteiger partial charge in [0.2, 0.25) is 0 Å². The second-order valence-electron chi connectivity index (χ2n) is 6.00. The summed E-state index contributed by atoms with van der Waals surface area (Å²) in [6.45, 7) is 6.98. The zero-order valence-corrected chi connectivity index (χ0v) is 16.8. The molecule has 6 heteroatoms. The molecule has 0 aliphatic rings. The minimum absolute atomic E-state index is 0.365. The number of nitrogens with zero attached hydrogens (tertiary/aromatic N) is 3. The van der Waals surface area contributed by atoms with Crippen molar-refractivity contribution in [2.75, 3.05) is 0 Å². The lowest BCUT2D eigenvalue weighted by Crippen LogP contribution is -2.07. The minimum Gasteiger partial charge on any atom is -0.486 e. The van der Waals surface area contributed by atoms with Crippen molar-refractivity contribution in [2.45, 2.75) is 37.4 Å². The van der Waals surface area contributed by atoms with E-state index in [-0.39, 0.29) is 0 Å². The van der Waals surface area contributed by atoms with Crippen molar-refractivity contribution in [1.29, 1.82) is 0 Å². The summed E-state index contributed by atoms with van der Waals surface area (Å²) in [5.41, 5.74) is 2.44. The Morgan fingerprint density at radius 3 is 2.67 bits per heavy atom. The predicted octanol–water partition coefficient (Wildman–Crippen LogP) is 5.55. The van der Waals surface area contributed by atoms with E-state index in [0.29, 0.717) is 13.2 Å². The van der Waals surface area contributed by atoms with Crippen LogP contribution in [-0.4, -0.2) is 14.8 Å². The largest absolute Gasteiger partial charge is 0.486 e. The highest BCUT2D eigenvalue weighted by Gasteiger charge is 2.12. The number of allylic oxidation sites excluding steroid dienone is 1. The number of ether oxygens (including phenoxy) is 1. The quantitative estimate of drug-likeness (QED) is 0.349. The van der Waals surface area contributed by atoms with Gasteiger partial charge >= 0.3 is 0 Å². The van der Waals surface area contributed by atoms with Crippen LogP contribution in [0, 0.1) is 0 Å². The number of thioether (sulfide) groups is 1. The second kappa shape index (κ2) is 9.62. The lowest BCUT2D eigenvalue weighted by molar-refractivity contribution is 0.289. The van der Waals surface area contributed by atoms with Crippen LogP contribution in [0.5, 0.6) is 5.75 Å². The summed E-state index contributed by atoms with van der Waals surface area (Å²) in [7, 11) is 0. The topological polar surface area (TPSA) is 39.9 Å². The number of hydrogen-bond acceptors (Lipinski definition) is 4. The average molecular weight is 400 g/mol. The summed E-state index contributed by atoms with van der Waals surface area (Å²) in [4.78, 5) is 0. The molecule has 1 aromatic heterocycles. The van der Waals surface area contributed by atoms with E-state index in [1.165, 1.54) is 5.56 Å². The van der Waals surface area contributed by atoms with Gasteiger partial charge in [-0.25, -0.2) is 0 Å². The van der Waals surface area contributed by atoms with Gasteiger partial charge in [-0.15, -0.1) is 16.8 Å². The fourth-order valence-electron chi connectivity index (χ4n) is 2.59. The van der Waals surface area contributed by atoms with Crippen molar-refractivity contribution in [1.82, 2.24) is 14.8 Å². The van der Waals surface area contributed by atoms with E-state index in [4.69, 9.17) is 16.3 Å². The van der Waals surface area contributed by atoms with Crippen LogP contribution < -0.4 is 4.74 Å². The van der Waals surface area contributed by atoms with Crippen molar-refractivity contribution in [2.24, 2.45) is 0 Å². The van der Waals surface area contributed by atoms with Crippen LogP contribution in [0.3, 0.4) is 0 Å². The van der Waals surface area contributed by atoms with Gasteiger partial charge < -0.3 is 4.74 Å². The first-order chi connectivity index (χ1) is 13.2. The first kappa shape index (κ1) is 19.5. The molecule has 0 N–H and O–H groups in total. The lowest BCUT2D eigenvalue weighted by atomic mass is 10.2. The predicted molar refractivity (Wildman–Crippen MR) is 111 cm³/mol. The highest BCUT2D eigenvalue weighted by atomic mass is 35.5. The van der Waals surface area contributed by atoms with Crippen LogP contribution in [-0.2, 0) is 25.3 Å². The standard InChI is InChI=1S/C21H22ClN3OS/c1-3-12-25-20(14-26-19-10-8-16(4-2)9-11-19)23-24-21(25)27-15-17-6-5-7-18(22)13-17/h3,5-11,13H,1,4,12,14-15H2,2H3. The molecule has 0 bridgehead atoms. The zero-order valence-electron chi connectivity index (χ0n) is 15.3. The molecule has 0 unspecified atom stereocenters. The molecule has 0 aliphatic heterocycles. The van der Waals surface area contributed by atoms with E-state index in [9.17, 15) is 0 Å². The molecule has 0 fully saturated rings. The highest BCUT2D eigenvalue weighted by molar-refractivity contribution is 7.98. The fourth-order valence-corrected chi connectivity index (χ4v) is 3.71. The van der Waals surface area contributed by atoms with Crippen LogP contribution in [0.2, 0.25) is 5.02 Å². The monoisotopic (exact) mass is 399 g/mol. The van der Waals surface area contributed by atoms with Crippen molar-refractivity contribution >= 4 is 23.4 Å². The smallest absolute Gasteiger partial charge is 0.191 e. The van der Waals surface area contributed by atoms with E-state index in [1.807, 2.05) is 41.0 Å². The SMILES string of the molecule is C=CCn1c(COc2ccc(CC)cc2)nnc1SCc1cccc(Cl)c1. The number of benzene rings is 2. The Morgan fingerprint density at radius 1 is 1.15 bits per heavy atom. The molecule has 0 saturated carbocycles. The van der Waals surface area contributed by atoms with E-state index < -0.39 is 0 Å². The molecule has 4 nitrogen and oxygen atoms in total. The Morgan fingerprint density at radius 2 is 1.96 bits per heavy atom. The van der Waals surface area contributed by atoms with Crippen molar-refractivity contribution in [3.63, 3.8) is 0 Å². The fraction of sp³-hybridized carbons (Fsp3) is 0.238. The molecule has 0 saturated heterocycles. The molecule has 0 amide bonds. The third kappa shape index (κ3) is 5.37. The molecule has 27 heavy (non-hydrogen) atoms. The van der Waals surface area contributed by atoms with Gasteiger partial charge in [-0.3, -0.25) is 4.57 Å². The molecule has 0 aliphatic carbocycles. The van der Waals surface area contributed by atoms with Gasteiger partial charge in [0.1, 0.15) is 12.4 Å². The van der Waals surface area contributed by atoms with Crippen LogP contribution in [0.4, 0.5) is 0 Å². The van der Waals surface area contributed by atoms with Gasteiger partial charge in [-0.2, -0.15) is 0 Å². The first-order valence-corrected chi connectivity index (χ1v) is 10.2. The highest BCUT2D eigenvalue weighted by Crippen LogP contribution is 2.24. The normalized spacial score (nSPS) is 10.7. The molecular weight excluding hydrogens is 378 g/mol. The van der Waals surface area contributed by atoms with Crippen LogP contribution >= 0.6 is 23.4 Å². The maximum Gasteiger partial charge on any atom is 0.191 e. The Kier molecular flexibility index (Phi) is 6.96. The third-order valence-corrected chi connectivity index (χ3v) is 5.33.